The largest absolute Gasteiger partial charge is 0.494 e. The first-order valence-corrected chi connectivity index (χ1v) is 45.3. The van der Waals surface area contributed by atoms with E-state index in [0.717, 1.165) is 80.6 Å². The zero-order chi connectivity index (χ0) is 99.2. The van der Waals surface area contributed by atoms with Crippen LogP contribution in [0.2, 0.25) is 0 Å². The maximum atomic E-state index is 14.2. The topological polar surface area (TPSA) is 326 Å². The van der Waals surface area contributed by atoms with Crippen LogP contribution in [-0.4, -0.2) is 206 Å². The van der Waals surface area contributed by atoms with Crippen LogP contribution in [0.15, 0.2) is 170 Å². The Hall–Kier alpha value is -9.85. The summed E-state index contributed by atoms with van der Waals surface area (Å²) in [6.07, 6.45) is 14.6. The molecule has 27 nitrogen and oxygen atoms in total. The number of carbonyl (C=O) groups is 7. The molecule has 9 heterocycles. The third kappa shape index (κ3) is 39.4. The Morgan fingerprint density at radius 2 is 0.826 bits per heavy atom. The zero-order valence-electron chi connectivity index (χ0n) is 74.9. The number of benzene rings is 3. The minimum atomic E-state index is -1.67. The minimum Gasteiger partial charge on any atom is -0.478 e. The molecule has 714 valence electrons. The van der Waals surface area contributed by atoms with Crippen LogP contribution in [0.25, 0.3) is 11.1 Å². The van der Waals surface area contributed by atoms with E-state index in [4.69, 9.17) is 40.1 Å². The normalized spacial score (nSPS) is 12.0. The summed E-state index contributed by atoms with van der Waals surface area (Å²) in [4.78, 5) is 118. The average molecular weight is 2180 g/mol. The average Bonchev–Trinajstić information content (AvgIpc) is 1.50. The first-order chi connectivity index (χ1) is 61.2. The number of halogens is 14. The summed E-state index contributed by atoms with van der Waals surface area (Å²) in [5.74, 6) is -6.26. The predicted octanol–water partition coefficient (Wildman–Crippen LogP) is 19.3. The van der Waals surface area contributed by atoms with Crippen molar-refractivity contribution in [3.8, 4) is 11.1 Å². The van der Waals surface area contributed by atoms with Gasteiger partial charge in [0.2, 0.25) is 15.2 Å². The Labute approximate surface area is 814 Å². The lowest BCUT2D eigenvalue weighted by Crippen LogP contribution is -2.41. The summed E-state index contributed by atoms with van der Waals surface area (Å²) in [5.41, 5.74) is 4.17. The second kappa shape index (κ2) is 57.7. The Bertz CT molecular complexity index is 5490. The summed E-state index contributed by atoms with van der Waals surface area (Å²) >= 11 is 18.0. The van der Waals surface area contributed by atoms with E-state index in [1.807, 2.05) is 60.8 Å². The highest BCUT2D eigenvalue weighted by Crippen LogP contribution is 2.37. The fraction of sp³-hybridized carbons (Fsp3) is 0.326. The van der Waals surface area contributed by atoms with Gasteiger partial charge in [-0.3, -0.25) is 33.9 Å². The second-order valence-corrected chi connectivity index (χ2v) is 36.1. The number of carboxylic acids is 2. The Kier molecular flexibility index (Phi) is 51.6. The number of rotatable bonds is 18. The SMILES string of the molecule is C.C1CCOC1.CC(=O)Cc1cc(-c2cnc(N(C)C)c(C(=O)N(C)c3ccc(F)cc3F)c2)ccn1.CC(=O)Cc1cc(B2OC(C)(C)C(C)(C)O2)ccn1.CCc1ccc(F)cc1F.CN(C)c1ncc(Br)cc1C(=O)Cl.CN(C)c1ncc(Br)cc1C(=O)N(C)c1ccc(F)cc1F.CN(C)c1ncc(Br)cc1C(=O)O.CNC.O=C(O)c1cc(Br)cnc1F.O=S(Cl)Cl. The zero-order valence-corrected chi connectivity index (χ0v) is 84.3. The van der Waals surface area contributed by atoms with Gasteiger partial charge in [0.15, 0.2) is 0 Å². The lowest BCUT2D eigenvalue weighted by molar-refractivity contribution is -0.117. The molecule has 0 atom stereocenters. The van der Waals surface area contributed by atoms with E-state index in [9.17, 15) is 64.3 Å². The molecule has 2 aliphatic rings. The smallest absolute Gasteiger partial charge is 0.478 e. The van der Waals surface area contributed by atoms with Crippen LogP contribution in [0.3, 0.4) is 0 Å². The number of amides is 2. The lowest BCUT2D eigenvalue weighted by Gasteiger charge is -2.32. The number of carboxylic acid groups (broad SMARTS) is 2. The number of pyridine rings is 7. The number of aromatic nitrogens is 7. The maximum Gasteiger partial charge on any atom is 0.494 e. The molecule has 43 heteroatoms. The standard InChI is InChI=1S/C23H22F2N4O2.C15H14BrF2N3O.C14H20BNO3.C8H8BrClN2O.C8H9BrN2O2.C8H8F2.C6H3BrFNO2.C4H8O.C2H7N.CH4.Cl2OS/c1-14(30)9-18-10-15(7-8-26-18)16-11-19(22(27-13-16)28(2)3)23(31)29(4)21-6-5-17(24)12-20(21)25;1-20(2)14-11(6-9(16)8-19-14)15(22)21(3)13-5-4-10(17)7-12(13)18;1-10(17)8-12-9-11(6-7-16-12)15-18-13(2,3)14(4,5)19-15;1-12(2)8-6(7(10)13)3-5(9)4-11-8;1-11(2)7-6(8(12)13)3-5(9)4-10-7;1-2-6-3-4-7(9)5-8(6)10;7-3-1-4(6(10)11)5(8)9-2-3;1-2-4-5-3-1;1-3-2;;1-4(2)3/h5-8,10-13H,9H2,1-4H3;4-8H,1-3H3;6-7,9H,8H2,1-5H3;3-4H,1-2H3;3-4H,1-2H3,(H,12,13);3-5H,2H2,1H3;1-2H,(H,10,11);1-4H2;3H,1-2H3;1H4;. The number of aryl methyl sites for hydroxylation is 1. The lowest BCUT2D eigenvalue weighted by atomic mass is 9.79. The third-order valence-electron chi connectivity index (χ3n) is 17.8. The molecule has 10 aromatic rings. The molecular weight excluding hydrogens is 2070 g/mol. The fourth-order valence-corrected chi connectivity index (χ4v) is 12.4. The second-order valence-electron chi connectivity index (χ2n) is 29.6. The fourth-order valence-electron chi connectivity index (χ4n) is 10.9. The van der Waals surface area contributed by atoms with Crippen molar-refractivity contribution in [1.82, 2.24) is 40.2 Å². The van der Waals surface area contributed by atoms with Crippen molar-refractivity contribution in [2.24, 2.45) is 0 Å². The maximum absolute atomic E-state index is 14.2. The van der Waals surface area contributed by atoms with Gasteiger partial charge in [-0.25, -0.2) is 65.1 Å². The van der Waals surface area contributed by atoms with E-state index in [1.54, 1.807) is 150 Å². The van der Waals surface area contributed by atoms with Gasteiger partial charge in [-0.05, 0) is 252 Å². The number of hydrogen-bond donors (Lipinski definition) is 3. The summed E-state index contributed by atoms with van der Waals surface area (Å²) in [6, 6.07) is 24.6. The Morgan fingerprint density at radius 3 is 1.19 bits per heavy atom. The summed E-state index contributed by atoms with van der Waals surface area (Å²) < 4.78 is 120. The molecule has 0 bridgehead atoms. The van der Waals surface area contributed by atoms with Crippen molar-refractivity contribution in [3.05, 3.63) is 256 Å². The van der Waals surface area contributed by atoms with Crippen LogP contribution in [0.5, 0.6) is 0 Å². The van der Waals surface area contributed by atoms with Gasteiger partial charge in [0.05, 0.1) is 39.3 Å². The van der Waals surface area contributed by atoms with Gasteiger partial charge in [-0.2, -0.15) is 4.39 Å². The Balaban J connectivity index is 0.000000524. The molecule has 2 amide bonds. The van der Waals surface area contributed by atoms with Crippen LogP contribution >= 0.6 is 96.7 Å². The van der Waals surface area contributed by atoms with E-state index < -0.39 is 91.8 Å². The first-order valence-electron chi connectivity index (χ1n) is 38.9. The third-order valence-corrected chi connectivity index (χ3v) is 19.7. The molecule has 0 saturated carbocycles. The number of nitrogens with zero attached hydrogens (tertiary/aromatic N) is 13. The van der Waals surface area contributed by atoms with Crippen LogP contribution in [0.1, 0.15) is 137 Å². The van der Waals surface area contributed by atoms with Gasteiger partial charge < -0.3 is 59.0 Å². The van der Waals surface area contributed by atoms with Crippen molar-refractivity contribution < 1.29 is 92.8 Å². The van der Waals surface area contributed by atoms with Gasteiger partial charge in [-0.15, -0.1) is 0 Å². The molecule has 3 N–H and O–H groups in total. The summed E-state index contributed by atoms with van der Waals surface area (Å²) in [7, 11) is 27.7. The molecule has 2 aliphatic heterocycles. The highest BCUT2D eigenvalue weighted by Gasteiger charge is 2.52. The molecule has 0 unspecified atom stereocenters. The molecule has 0 radical (unpaired) electrons. The highest BCUT2D eigenvalue weighted by atomic mass is 79.9. The van der Waals surface area contributed by atoms with Gasteiger partial charge in [0.1, 0.15) is 80.9 Å². The van der Waals surface area contributed by atoms with Gasteiger partial charge >= 0.3 is 19.1 Å². The van der Waals surface area contributed by atoms with E-state index >= 15 is 0 Å². The summed E-state index contributed by atoms with van der Waals surface area (Å²) in [6.45, 7) is 15.0. The van der Waals surface area contributed by atoms with E-state index in [-0.39, 0.29) is 59.1 Å². The van der Waals surface area contributed by atoms with Crippen molar-refractivity contribution >= 4 is 194 Å². The number of ketones is 2. The molecule has 0 aliphatic carbocycles. The van der Waals surface area contributed by atoms with Crippen LogP contribution in [0, 0.1) is 40.9 Å². The number of hydrogen-bond acceptors (Lipinski definition) is 23. The summed E-state index contributed by atoms with van der Waals surface area (Å²) in [5, 5.41) is 19.5. The molecule has 0 spiro atoms. The highest BCUT2D eigenvalue weighted by molar-refractivity contribution is 9.11. The van der Waals surface area contributed by atoms with E-state index in [2.05, 4.69) is 125 Å². The van der Waals surface area contributed by atoms with E-state index in [0.29, 0.717) is 77.5 Å². The number of carbonyl (C=O) groups excluding carboxylic acids is 5. The first kappa shape index (κ1) is 118. The van der Waals surface area contributed by atoms with Crippen LogP contribution < -0.4 is 40.2 Å². The number of aromatic carboxylic acids is 2. The number of ether oxygens (including phenoxy) is 1. The molecule has 2 saturated heterocycles. The molecule has 132 heavy (non-hydrogen) atoms. The number of anilines is 6. The van der Waals surface area contributed by atoms with E-state index in [1.165, 1.54) is 70.4 Å². The molecule has 3 aromatic carbocycles. The van der Waals surface area contributed by atoms with Crippen LogP contribution in [0.4, 0.5) is 65.4 Å². The quantitative estimate of drug-likeness (QED) is 0.0311. The van der Waals surface area contributed by atoms with Gasteiger partial charge in [-0.1, -0.05) is 20.4 Å². The van der Waals surface area contributed by atoms with Gasteiger partial charge in [0.25, 0.3) is 17.1 Å². The number of nitrogens with one attached hydrogen (secondary N) is 1. The van der Waals surface area contributed by atoms with Crippen molar-refractivity contribution in [2.45, 2.75) is 99.2 Å². The predicted molar refractivity (Wildman–Crippen MR) is 521 cm³/mol. The van der Waals surface area contributed by atoms with Crippen molar-refractivity contribution in [3.63, 3.8) is 0 Å². The van der Waals surface area contributed by atoms with Crippen molar-refractivity contribution in [2.75, 3.05) is 127 Å². The van der Waals surface area contributed by atoms with Crippen LogP contribution in [-0.2, 0) is 52.1 Å². The monoisotopic (exact) mass is 2170 g/mol. The molecule has 12 rings (SSSR count). The van der Waals surface area contributed by atoms with Crippen molar-refractivity contribution in [1.29, 1.82) is 0 Å². The molecular formula is C89H103BBr4Cl3F7N14O13S. The minimum absolute atomic E-state index is 0. The Morgan fingerprint density at radius 1 is 0.477 bits per heavy atom. The van der Waals surface area contributed by atoms with Gasteiger partial charge in [0, 0.05) is 214 Å². The number of Topliss-reactive ketones (excluding diaryl/α,β-unsaturated/α-hetero) is 2. The molecule has 7 aromatic heterocycles. The molecule has 2 fully saturated rings.